The SMILES string of the molecule is Nc1c(F)cc(-c2ccnn2Cc2ccc(Cl)cc2F)cc1N(N)c1ccc2cn[nH]c2c1. The van der Waals surface area contributed by atoms with E-state index >= 15 is 0 Å². The summed E-state index contributed by atoms with van der Waals surface area (Å²) >= 11 is 5.84. The molecule has 0 unspecified atom stereocenters. The monoisotopic (exact) mass is 465 g/mol. The van der Waals surface area contributed by atoms with E-state index in [-0.39, 0.29) is 17.9 Å². The summed E-state index contributed by atoms with van der Waals surface area (Å²) in [5, 5.41) is 13.7. The fourth-order valence-electron chi connectivity index (χ4n) is 3.68. The second kappa shape index (κ2) is 8.19. The van der Waals surface area contributed by atoms with E-state index in [0.29, 0.717) is 27.5 Å². The number of aromatic nitrogens is 4. The molecule has 5 rings (SSSR count). The molecule has 7 nitrogen and oxygen atoms in total. The van der Waals surface area contributed by atoms with Gasteiger partial charge in [0.1, 0.15) is 11.6 Å². The molecule has 3 aromatic carbocycles. The van der Waals surface area contributed by atoms with Crippen LogP contribution >= 0.6 is 11.6 Å². The Labute approximate surface area is 192 Å². The zero-order chi connectivity index (χ0) is 23.1. The third kappa shape index (κ3) is 3.88. The van der Waals surface area contributed by atoms with E-state index in [4.69, 9.17) is 23.2 Å². The van der Waals surface area contributed by atoms with Crippen LogP contribution in [-0.2, 0) is 6.54 Å². The van der Waals surface area contributed by atoms with Gasteiger partial charge in [-0.15, -0.1) is 0 Å². The van der Waals surface area contributed by atoms with E-state index in [1.807, 2.05) is 6.07 Å². The molecule has 2 heterocycles. The minimum absolute atomic E-state index is 0.0965. The number of nitrogens with one attached hydrogen (secondary N) is 1. The van der Waals surface area contributed by atoms with Gasteiger partial charge in [0.25, 0.3) is 0 Å². The van der Waals surface area contributed by atoms with Crippen LogP contribution in [0.5, 0.6) is 0 Å². The molecule has 0 spiro atoms. The van der Waals surface area contributed by atoms with Gasteiger partial charge in [0, 0.05) is 27.7 Å². The number of nitrogens with zero attached hydrogens (tertiary/aromatic N) is 4. The van der Waals surface area contributed by atoms with E-state index in [2.05, 4.69) is 15.3 Å². The number of nitrogens with two attached hydrogens (primary N) is 2. The summed E-state index contributed by atoms with van der Waals surface area (Å²) in [7, 11) is 0. The summed E-state index contributed by atoms with van der Waals surface area (Å²) in [6.07, 6.45) is 3.25. The standard InChI is InChI=1S/C23H18ClF2N7/c24-16-3-1-14(18(25)9-16)12-32-21(5-6-30-32)15-7-19(26)23(27)22(8-15)33(28)17-4-2-13-11-29-31-20(13)10-17/h1-11H,12,27-28H2,(H,29,31). The molecule has 0 radical (unpaired) electrons. The highest BCUT2D eigenvalue weighted by Crippen LogP contribution is 2.35. The van der Waals surface area contributed by atoms with Gasteiger partial charge >= 0.3 is 0 Å². The third-order valence-corrected chi connectivity index (χ3v) is 5.65. The minimum Gasteiger partial charge on any atom is -0.395 e. The lowest BCUT2D eigenvalue weighted by molar-refractivity contribution is 0.587. The average Bonchev–Trinajstić information content (AvgIpc) is 3.46. The van der Waals surface area contributed by atoms with Gasteiger partial charge in [-0.25, -0.2) is 14.6 Å². The van der Waals surface area contributed by atoms with Crippen molar-refractivity contribution >= 4 is 39.6 Å². The largest absolute Gasteiger partial charge is 0.395 e. The van der Waals surface area contributed by atoms with Crippen LogP contribution in [0, 0.1) is 11.6 Å². The first-order valence-electron chi connectivity index (χ1n) is 9.94. The van der Waals surface area contributed by atoms with Crippen molar-refractivity contribution in [3.63, 3.8) is 0 Å². The number of rotatable bonds is 5. The van der Waals surface area contributed by atoms with Crippen molar-refractivity contribution in [3.8, 4) is 11.3 Å². The molecule has 0 amide bonds. The zero-order valence-corrected chi connectivity index (χ0v) is 17.9. The van der Waals surface area contributed by atoms with E-state index in [1.165, 1.54) is 17.1 Å². The van der Waals surface area contributed by atoms with E-state index in [9.17, 15) is 8.78 Å². The summed E-state index contributed by atoms with van der Waals surface area (Å²) in [5.74, 6) is 5.25. The van der Waals surface area contributed by atoms with Gasteiger partial charge in [-0.3, -0.25) is 14.8 Å². The van der Waals surface area contributed by atoms with Crippen LogP contribution in [0.3, 0.4) is 0 Å². The van der Waals surface area contributed by atoms with Gasteiger partial charge < -0.3 is 5.73 Å². The van der Waals surface area contributed by atoms with Crippen LogP contribution in [0.4, 0.5) is 25.8 Å². The van der Waals surface area contributed by atoms with Crippen LogP contribution in [0.1, 0.15) is 5.56 Å². The molecule has 5 N–H and O–H groups in total. The number of H-pyrrole nitrogens is 1. The highest BCUT2D eigenvalue weighted by molar-refractivity contribution is 6.30. The minimum atomic E-state index is -0.633. The molecule has 5 aromatic rings. The normalized spacial score (nSPS) is 11.3. The maximum absolute atomic E-state index is 14.9. The zero-order valence-electron chi connectivity index (χ0n) is 17.1. The quantitative estimate of drug-likeness (QED) is 0.192. The number of fused-ring (bicyclic) bond motifs is 1. The molecule has 33 heavy (non-hydrogen) atoms. The first-order valence-corrected chi connectivity index (χ1v) is 10.3. The van der Waals surface area contributed by atoms with Crippen LogP contribution < -0.4 is 16.6 Å². The second-order valence-electron chi connectivity index (χ2n) is 7.51. The lowest BCUT2D eigenvalue weighted by Gasteiger charge is -2.22. The summed E-state index contributed by atoms with van der Waals surface area (Å²) in [6.45, 7) is 0.134. The van der Waals surface area contributed by atoms with Crippen molar-refractivity contribution in [2.45, 2.75) is 6.54 Å². The predicted molar refractivity (Wildman–Crippen MR) is 125 cm³/mol. The summed E-state index contributed by atoms with van der Waals surface area (Å²) in [5.41, 5.74) is 9.03. The fourth-order valence-corrected chi connectivity index (χ4v) is 3.84. The van der Waals surface area contributed by atoms with Gasteiger partial charge in [0.15, 0.2) is 0 Å². The van der Waals surface area contributed by atoms with Crippen molar-refractivity contribution < 1.29 is 8.78 Å². The van der Waals surface area contributed by atoms with E-state index < -0.39 is 11.6 Å². The molecule has 0 aliphatic rings. The molecule has 0 saturated carbocycles. The maximum atomic E-state index is 14.9. The molecule has 0 fully saturated rings. The molecule has 0 bridgehead atoms. The number of anilines is 3. The number of hydrogen-bond acceptors (Lipinski definition) is 5. The Balaban J connectivity index is 1.54. The molecule has 0 aliphatic heterocycles. The number of nitrogen functional groups attached to an aromatic ring is 1. The van der Waals surface area contributed by atoms with Gasteiger partial charge in [-0.2, -0.15) is 10.2 Å². The predicted octanol–water partition coefficient (Wildman–Crippen LogP) is 5.00. The molecule has 166 valence electrons. The molecule has 10 heteroatoms. The summed E-state index contributed by atoms with van der Waals surface area (Å²) in [4.78, 5) is 0. The number of halogens is 3. The van der Waals surface area contributed by atoms with Gasteiger partial charge in [-0.1, -0.05) is 17.7 Å². The molecule has 0 saturated heterocycles. The van der Waals surface area contributed by atoms with E-state index in [0.717, 1.165) is 10.9 Å². The van der Waals surface area contributed by atoms with Crippen molar-refractivity contribution in [1.82, 2.24) is 20.0 Å². The van der Waals surface area contributed by atoms with Gasteiger partial charge in [-0.05, 0) is 48.5 Å². The topological polar surface area (TPSA) is 102 Å². The van der Waals surface area contributed by atoms with Crippen LogP contribution in [0.2, 0.25) is 5.02 Å². The fraction of sp³-hybridized carbons (Fsp3) is 0.0435. The number of hydrazine groups is 1. The Morgan fingerprint density at radius 2 is 1.88 bits per heavy atom. The lowest BCUT2D eigenvalue weighted by atomic mass is 10.1. The average molecular weight is 466 g/mol. The Morgan fingerprint density at radius 3 is 2.70 bits per heavy atom. The number of hydrogen-bond donors (Lipinski definition) is 3. The van der Waals surface area contributed by atoms with Crippen molar-refractivity contribution in [3.05, 3.63) is 89.2 Å². The third-order valence-electron chi connectivity index (χ3n) is 5.42. The lowest BCUT2D eigenvalue weighted by Crippen LogP contribution is -2.26. The highest BCUT2D eigenvalue weighted by Gasteiger charge is 2.18. The van der Waals surface area contributed by atoms with Crippen molar-refractivity contribution in [1.29, 1.82) is 0 Å². The Morgan fingerprint density at radius 1 is 1.03 bits per heavy atom. The van der Waals surface area contributed by atoms with Crippen molar-refractivity contribution in [2.75, 3.05) is 10.7 Å². The summed E-state index contributed by atoms with van der Waals surface area (Å²) < 4.78 is 30.7. The first-order chi connectivity index (χ1) is 15.9. The molecular formula is C23H18ClF2N7. The Hall–Kier alpha value is -3.95. The molecule has 0 aliphatic carbocycles. The van der Waals surface area contributed by atoms with Crippen LogP contribution in [-0.4, -0.2) is 20.0 Å². The van der Waals surface area contributed by atoms with Crippen LogP contribution in [0.25, 0.3) is 22.2 Å². The smallest absolute Gasteiger partial charge is 0.148 e. The first kappa shape index (κ1) is 20.9. The van der Waals surface area contributed by atoms with E-state index in [1.54, 1.807) is 53.5 Å². The van der Waals surface area contributed by atoms with Crippen molar-refractivity contribution in [2.24, 2.45) is 5.84 Å². The summed E-state index contributed by atoms with van der Waals surface area (Å²) in [6, 6.07) is 14.5. The highest BCUT2D eigenvalue weighted by atomic mass is 35.5. The van der Waals surface area contributed by atoms with Gasteiger partial charge in [0.2, 0.25) is 0 Å². The Kier molecular flexibility index (Phi) is 5.20. The maximum Gasteiger partial charge on any atom is 0.148 e. The Bertz CT molecular complexity index is 1480. The molecule has 0 atom stereocenters. The molecule has 2 aromatic heterocycles. The molecular weight excluding hydrogens is 448 g/mol. The second-order valence-corrected chi connectivity index (χ2v) is 7.95. The number of benzene rings is 3. The van der Waals surface area contributed by atoms with Crippen LogP contribution in [0.15, 0.2) is 67.0 Å². The number of aromatic amines is 1. The van der Waals surface area contributed by atoms with Gasteiger partial charge in [0.05, 0.1) is 41.0 Å².